The van der Waals surface area contributed by atoms with Crippen molar-refractivity contribution in [2.45, 2.75) is 10.6 Å². The SMILES string of the molecule is COc1cccc(CS(=O)c2cc(N)cc(F)c2)c1. The van der Waals surface area contributed by atoms with Crippen molar-refractivity contribution in [3.8, 4) is 5.75 Å². The van der Waals surface area contributed by atoms with Crippen LogP contribution in [0.3, 0.4) is 0 Å². The van der Waals surface area contributed by atoms with E-state index in [0.717, 1.165) is 5.56 Å². The number of hydrogen-bond donors (Lipinski definition) is 1. The molecule has 0 saturated heterocycles. The van der Waals surface area contributed by atoms with Crippen molar-refractivity contribution < 1.29 is 13.3 Å². The summed E-state index contributed by atoms with van der Waals surface area (Å²) >= 11 is 0. The van der Waals surface area contributed by atoms with Gasteiger partial charge in [-0.1, -0.05) is 12.1 Å². The molecule has 19 heavy (non-hydrogen) atoms. The number of nitrogens with two attached hydrogens (primary N) is 1. The van der Waals surface area contributed by atoms with Gasteiger partial charge in [0.15, 0.2) is 0 Å². The summed E-state index contributed by atoms with van der Waals surface area (Å²) in [6.07, 6.45) is 0. The smallest absolute Gasteiger partial charge is 0.126 e. The first-order valence-electron chi connectivity index (χ1n) is 5.66. The van der Waals surface area contributed by atoms with E-state index in [4.69, 9.17) is 10.5 Å². The zero-order valence-electron chi connectivity index (χ0n) is 10.4. The van der Waals surface area contributed by atoms with Crippen molar-refractivity contribution in [3.05, 3.63) is 53.8 Å². The fourth-order valence-corrected chi connectivity index (χ4v) is 2.87. The highest BCUT2D eigenvalue weighted by Gasteiger charge is 2.08. The zero-order valence-corrected chi connectivity index (χ0v) is 11.2. The van der Waals surface area contributed by atoms with E-state index in [-0.39, 0.29) is 5.69 Å². The second kappa shape index (κ2) is 5.84. The zero-order chi connectivity index (χ0) is 13.8. The van der Waals surface area contributed by atoms with E-state index in [1.165, 1.54) is 18.2 Å². The molecule has 0 bridgehead atoms. The Morgan fingerprint density at radius 3 is 2.74 bits per heavy atom. The van der Waals surface area contributed by atoms with Gasteiger partial charge in [-0.2, -0.15) is 0 Å². The van der Waals surface area contributed by atoms with Gasteiger partial charge in [-0.05, 0) is 35.9 Å². The molecule has 0 aromatic heterocycles. The molecular formula is C14H14FNO2S. The fourth-order valence-electron chi connectivity index (χ4n) is 1.71. The molecule has 3 nitrogen and oxygen atoms in total. The molecule has 2 aromatic rings. The van der Waals surface area contributed by atoms with Crippen LogP contribution in [0.25, 0.3) is 0 Å². The topological polar surface area (TPSA) is 52.3 Å². The third-order valence-corrected chi connectivity index (χ3v) is 3.95. The van der Waals surface area contributed by atoms with Gasteiger partial charge < -0.3 is 10.5 Å². The second-order valence-electron chi connectivity index (χ2n) is 4.06. The Morgan fingerprint density at radius 1 is 1.26 bits per heavy atom. The number of halogens is 1. The minimum Gasteiger partial charge on any atom is -0.497 e. The van der Waals surface area contributed by atoms with Crippen LogP contribution in [0, 0.1) is 5.82 Å². The molecule has 0 fully saturated rings. The molecule has 2 aromatic carbocycles. The first kappa shape index (κ1) is 13.5. The summed E-state index contributed by atoms with van der Waals surface area (Å²) in [7, 11) is 0.232. The number of hydrogen-bond acceptors (Lipinski definition) is 3. The Balaban J connectivity index is 2.20. The van der Waals surface area contributed by atoms with Crippen LogP contribution in [-0.2, 0) is 16.6 Å². The number of methoxy groups -OCH3 is 1. The summed E-state index contributed by atoms with van der Waals surface area (Å²) in [5.41, 5.74) is 6.68. The van der Waals surface area contributed by atoms with Gasteiger partial charge in [0.2, 0.25) is 0 Å². The Kier molecular flexibility index (Phi) is 4.16. The van der Waals surface area contributed by atoms with Gasteiger partial charge in [0.25, 0.3) is 0 Å². The molecule has 2 rings (SSSR count). The van der Waals surface area contributed by atoms with Gasteiger partial charge in [-0.3, -0.25) is 4.21 Å². The van der Waals surface area contributed by atoms with Crippen LogP contribution in [0.5, 0.6) is 5.75 Å². The maximum atomic E-state index is 13.2. The second-order valence-corrected chi connectivity index (χ2v) is 5.51. The van der Waals surface area contributed by atoms with Crippen molar-refractivity contribution in [3.63, 3.8) is 0 Å². The van der Waals surface area contributed by atoms with E-state index in [0.29, 0.717) is 16.4 Å². The molecule has 100 valence electrons. The van der Waals surface area contributed by atoms with Crippen molar-refractivity contribution in [2.24, 2.45) is 0 Å². The highest BCUT2D eigenvalue weighted by Crippen LogP contribution is 2.19. The molecule has 1 atom stereocenters. The molecule has 0 radical (unpaired) electrons. The molecule has 0 aliphatic heterocycles. The lowest BCUT2D eigenvalue weighted by Crippen LogP contribution is -1.99. The maximum Gasteiger partial charge on any atom is 0.126 e. The van der Waals surface area contributed by atoms with Crippen molar-refractivity contribution in [1.29, 1.82) is 0 Å². The van der Waals surface area contributed by atoms with Crippen LogP contribution >= 0.6 is 0 Å². The van der Waals surface area contributed by atoms with E-state index in [1.807, 2.05) is 18.2 Å². The van der Waals surface area contributed by atoms with E-state index in [1.54, 1.807) is 13.2 Å². The van der Waals surface area contributed by atoms with Gasteiger partial charge >= 0.3 is 0 Å². The van der Waals surface area contributed by atoms with Crippen molar-refractivity contribution in [1.82, 2.24) is 0 Å². The summed E-state index contributed by atoms with van der Waals surface area (Å²) < 4.78 is 30.5. The first-order chi connectivity index (χ1) is 9.08. The molecule has 0 aliphatic rings. The average molecular weight is 279 g/mol. The van der Waals surface area contributed by atoms with Crippen molar-refractivity contribution in [2.75, 3.05) is 12.8 Å². The van der Waals surface area contributed by atoms with E-state index in [2.05, 4.69) is 0 Å². The summed E-state index contributed by atoms with van der Waals surface area (Å²) in [6.45, 7) is 0. The maximum absolute atomic E-state index is 13.2. The first-order valence-corrected chi connectivity index (χ1v) is 6.98. The molecule has 5 heteroatoms. The molecular weight excluding hydrogens is 265 g/mol. The molecule has 0 amide bonds. The normalized spacial score (nSPS) is 12.1. The van der Waals surface area contributed by atoms with E-state index in [9.17, 15) is 8.60 Å². The molecule has 1 unspecified atom stereocenters. The summed E-state index contributed by atoms with van der Waals surface area (Å²) in [6, 6.07) is 11.3. The Morgan fingerprint density at radius 2 is 2.05 bits per heavy atom. The third kappa shape index (κ3) is 3.54. The lowest BCUT2D eigenvalue weighted by molar-refractivity contribution is 0.414. The molecule has 0 aliphatic carbocycles. The fraction of sp³-hybridized carbons (Fsp3) is 0.143. The highest BCUT2D eigenvalue weighted by molar-refractivity contribution is 7.84. The van der Waals surface area contributed by atoms with Crippen LogP contribution in [-0.4, -0.2) is 11.3 Å². The van der Waals surface area contributed by atoms with Crippen LogP contribution in [0.1, 0.15) is 5.56 Å². The minimum absolute atomic E-state index is 0.272. The number of ether oxygens (including phenoxy) is 1. The van der Waals surface area contributed by atoms with Gasteiger partial charge in [0.1, 0.15) is 11.6 Å². The minimum atomic E-state index is -1.34. The van der Waals surface area contributed by atoms with Gasteiger partial charge in [-0.15, -0.1) is 0 Å². The molecule has 2 N–H and O–H groups in total. The standard InChI is InChI=1S/C14H14FNO2S/c1-18-13-4-2-3-10(5-13)9-19(17)14-7-11(15)6-12(16)8-14/h2-8H,9,16H2,1H3. The largest absolute Gasteiger partial charge is 0.497 e. The highest BCUT2D eigenvalue weighted by atomic mass is 32.2. The number of nitrogen functional groups attached to an aromatic ring is 1. The van der Waals surface area contributed by atoms with Crippen LogP contribution < -0.4 is 10.5 Å². The molecule has 0 heterocycles. The van der Waals surface area contributed by atoms with Gasteiger partial charge in [0.05, 0.1) is 23.7 Å². The lowest BCUT2D eigenvalue weighted by Gasteiger charge is -2.06. The summed E-state index contributed by atoms with van der Waals surface area (Å²) in [5.74, 6) is 0.516. The van der Waals surface area contributed by atoms with Gasteiger partial charge in [0, 0.05) is 10.6 Å². The Labute approximate surface area is 113 Å². The number of rotatable bonds is 4. The van der Waals surface area contributed by atoms with Gasteiger partial charge in [-0.25, -0.2) is 4.39 Å². The predicted molar refractivity (Wildman–Crippen MR) is 73.9 cm³/mol. The third-order valence-electron chi connectivity index (χ3n) is 2.59. The van der Waals surface area contributed by atoms with Crippen LogP contribution in [0.4, 0.5) is 10.1 Å². The number of benzene rings is 2. The summed E-state index contributed by atoms with van der Waals surface area (Å²) in [5, 5.41) is 0. The summed E-state index contributed by atoms with van der Waals surface area (Å²) in [4.78, 5) is 0.389. The molecule has 0 spiro atoms. The van der Waals surface area contributed by atoms with E-state index >= 15 is 0 Å². The van der Waals surface area contributed by atoms with E-state index < -0.39 is 16.6 Å². The average Bonchev–Trinajstić information content (AvgIpc) is 2.37. The van der Waals surface area contributed by atoms with Crippen molar-refractivity contribution >= 4 is 16.5 Å². The predicted octanol–water partition coefficient (Wildman–Crippen LogP) is 2.72. The molecule has 0 saturated carbocycles. The quantitative estimate of drug-likeness (QED) is 0.875. The monoisotopic (exact) mass is 279 g/mol. The number of anilines is 1. The Hall–Kier alpha value is -1.88. The van der Waals surface area contributed by atoms with Crippen LogP contribution in [0.15, 0.2) is 47.4 Å². The Bertz CT molecular complexity index is 596. The lowest BCUT2D eigenvalue weighted by atomic mass is 10.2. The van der Waals surface area contributed by atoms with Crippen LogP contribution in [0.2, 0.25) is 0 Å².